The Morgan fingerprint density at radius 1 is 1.50 bits per heavy atom. The second-order valence-electron chi connectivity index (χ2n) is 3.97. The lowest BCUT2D eigenvalue weighted by Gasteiger charge is -2.10. The molecule has 18 heavy (non-hydrogen) atoms. The molecule has 0 atom stereocenters. The van der Waals surface area contributed by atoms with Crippen LogP contribution in [0.2, 0.25) is 0 Å². The standard InChI is InChI=1S/C11H17N5O2/c1-4-8-7(2)9-14-15-11(17)16(9)10(13-8)12-5-6-18-3/h4-6H2,1-3H3,(H,12,13)(H,15,17). The number of nitrogens with one attached hydrogen (secondary N) is 2. The minimum absolute atomic E-state index is 0.289. The molecule has 0 aliphatic carbocycles. The van der Waals surface area contributed by atoms with Crippen molar-refractivity contribution in [2.24, 2.45) is 0 Å². The number of rotatable bonds is 5. The third-order valence-corrected chi connectivity index (χ3v) is 2.82. The SMILES string of the molecule is CCc1nc(NCCOC)n2c(=O)[nH]nc2c1C. The molecule has 0 saturated heterocycles. The smallest absolute Gasteiger partial charge is 0.350 e. The van der Waals surface area contributed by atoms with Crippen LogP contribution < -0.4 is 11.0 Å². The summed E-state index contributed by atoms with van der Waals surface area (Å²) in [6, 6.07) is 0. The van der Waals surface area contributed by atoms with Gasteiger partial charge in [0, 0.05) is 19.2 Å². The van der Waals surface area contributed by atoms with Crippen molar-refractivity contribution in [2.75, 3.05) is 25.6 Å². The van der Waals surface area contributed by atoms with Crippen LogP contribution in [0.15, 0.2) is 4.79 Å². The van der Waals surface area contributed by atoms with E-state index in [0.29, 0.717) is 24.7 Å². The van der Waals surface area contributed by atoms with Crippen LogP contribution in [0.25, 0.3) is 5.65 Å². The maximum Gasteiger partial charge on any atom is 0.350 e. The van der Waals surface area contributed by atoms with E-state index in [4.69, 9.17) is 4.74 Å². The molecule has 0 amide bonds. The van der Waals surface area contributed by atoms with Gasteiger partial charge in [-0.2, -0.15) is 5.10 Å². The van der Waals surface area contributed by atoms with Gasteiger partial charge in [-0.25, -0.2) is 19.3 Å². The van der Waals surface area contributed by atoms with E-state index in [-0.39, 0.29) is 5.69 Å². The molecule has 0 spiro atoms. The van der Waals surface area contributed by atoms with Gasteiger partial charge in [-0.05, 0) is 13.3 Å². The van der Waals surface area contributed by atoms with Crippen LogP contribution in [0, 0.1) is 6.92 Å². The van der Waals surface area contributed by atoms with Crippen molar-refractivity contribution in [1.29, 1.82) is 0 Å². The summed E-state index contributed by atoms with van der Waals surface area (Å²) in [6.07, 6.45) is 0.794. The fourth-order valence-electron chi connectivity index (χ4n) is 1.86. The summed E-state index contributed by atoms with van der Waals surface area (Å²) in [6.45, 7) is 5.07. The minimum Gasteiger partial charge on any atom is -0.383 e. The Labute approximate surface area is 104 Å². The number of methoxy groups -OCH3 is 1. The first-order valence-electron chi connectivity index (χ1n) is 5.88. The van der Waals surface area contributed by atoms with Crippen LogP contribution in [0.3, 0.4) is 0 Å². The fraction of sp³-hybridized carbons (Fsp3) is 0.545. The first-order valence-corrected chi connectivity index (χ1v) is 5.88. The number of ether oxygens (including phenoxy) is 1. The van der Waals surface area contributed by atoms with E-state index >= 15 is 0 Å². The van der Waals surface area contributed by atoms with Gasteiger partial charge in [0.2, 0.25) is 5.95 Å². The monoisotopic (exact) mass is 251 g/mol. The van der Waals surface area contributed by atoms with Gasteiger partial charge < -0.3 is 10.1 Å². The van der Waals surface area contributed by atoms with Crippen molar-refractivity contribution < 1.29 is 4.74 Å². The van der Waals surface area contributed by atoms with E-state index in [1.165, 1.54) is 4.40 Å². The van der Waals surface area contributed by atoms with Crippen molar-refractivity contribution in [3.63, 3.8) is 0 Å². The topological polar surface area (TPSA) is 84.3 Å². The van der Waals surface area contributed by atoms with Crippen LogP contribution >= 0.6 is 0 Å². The zero-order valence-electron chi connectivity index (χ0n) is 10.8. The van der Waals surface area contributed by atoms with Gasteiger partial charge in [-0.3, -0.25) is 0 Å². The highest BCUT2D eigenvalue weighted by molar-refractivity contribution is 5.53. The van der Waals surface area contributed by atoms with E-state index < -0.39 is 0 Å². The van der Waals surface area contributed by atoms with Crippen molar-refractivity contribution in [1.82, 2.24) is 19.6 Å². The van der Waals surface area contributed by atoms with Crippen LogP contribution in [0.5, 0.6) is 0 Å². The van der Waals surface area contributed by atoms with Gasteiger partial charge in [0.15, 0.2) is 5.65 Å². The number of anilines is 1. The van der Waals surface area contributed by atoms with Gasteiger partial charge in [-0.15, -0.1) is 0 Å². The van der Waals surface area contributed by atoms with Crippen LogP contribution in [0.4, 0.5) is 5.95 Å². The molecule has 7 heteroatoms. The molecule has 2 heterocycles. The van der Waals surface area contributed by atoms with Gasteiger partial charge in [0.25, 0.3) is 0 Å². The molecule has 0 bridgehead atoms. The van der Waals surface area contributed by atoms with E-state index in [2.05, 4.69) is 20.5 Å². The fourth-order valence-corrected chi connectivity index (χ4v) is 1.86. The lowest BCUT2D eigenvalue weighted by molar-refractivity contribution is 0.210. The van der Waals surface area contributed by atoms with E-state index in [1.54, 1.807) is 7.11 Å². The van der Waals surface area contributed by atoms with Crippen LogP contribution in [-0.2, 0) is 11.2 Å². The highest BCUT2D eigenvalue weighted by Gasteiger charge is 2.13. The Balaban J connectivity index is 2.52. The number of aromatic amines is 1. The molecule has 2 N–H and O–H groups in total. The Kier molecular flexibility index (Phi) is 3.61. The summed E-state index contributed by atoms with van der Waals surface area (Å²) in [5, 5.41) is 9.56. The molecule has 0 fully saturated rings. The molecular formula is C11H17N5O2. The number of aryl methyl sites for hydroxylation is 2. The number of fused-ring (bicyclic) bond motifs is 1. The zero-order valence-corrected chi connectivity index (χ0v) is 10.8. The first-order chi connectivity index (χ1) is 8.69. The first kappa shape index (κ1) is 12.6. The predicted octanol–water partition coefficient (Wildman–Crippen LogP) is 0.347. The lowest BCUT2D eigenvalue weighted by Crippen LogP contribution is -2.19. The average molecular weight is 251 g/mol. The molecule has 0 aliphatic rings. The molecule has 0 aliphatic heterocycles. The molecule has 2 aromatic rings. The summed E-state index contributed by atoms with van der Waals surface area (Å²) in [4.78, 5) is 16.2. The van der Waals surface area contributed by atoms with Crippen molar-refractivity contribution >= 4 is 11.6 Å². The number of hydrogen-bond acceptors (Lipinski definition) is 5. The largest absolute Gasteiger partial charge is 0.383 e. The van der Waals surface area contributed by atoms with Gasteiger partial charge in [-0.1, -0.05) is 6.92 Å². The molecule has 0 unspecified atom stereocenters. The predicted molar refractivity (Wildman–Crippen MR) is 68.1 cm³/mol. The molecule has 0 aromatic carbocycles. The summed E-state index contributed by atoms with van der Waals surface area (Å²) in [5.74, 6) is 0.503. The van der Waals surface area contributed by atoms with Gasteiger partial charge in [0.05, 0.1) is 12.3 Å². The second-order valence-corrected chi connectivity index (χ2v) is 3.97. The molecule has 7 nitrogen and oxygen atoms in total. The van der Waals surface area contributed by atoms with Crippen molar-refractivity contribution in [3.05, 3.63) is 21.7 Å². The minimum atomic E-state index is -0.289. The second kappa shape index (κ2) is 5.18. The third kappa shape index (κ3) is 2.08. The summed E-state index contributed by atoms with van der Waals surface area (Å²) in [5.41, 5.74) is 2.18. The van der Waals surface area contributed by atoms with Gasteiger partial charge in [0.1, 0.15) is 0 Å². The molecule has 98 valence electrons. The van der Waals surface area contributed by atoms with Crippen LogP contribution in [0.1, 0.15) is 18.2 Å². The Bertz CT molecular complexity index is 601. The normalized spacial score (nSPS) is 11.1. The zero-order chi connectivity index (χ0) is 13.1. The molecule has 2 rings (SSSR count). The third-order valence-electron chi connectivity index (χ3n) is 2.82. The maximum atomic E-state index is 11.7. The molecule has 0 saturated carbocycles. The quantitative estimate of drug-likeness (QED) is 0.749. The number of H-pyrrole nitrogens is 1. The van der Waals surface area contributed by atoms with E-state index in [1.807, 2.05) is 13.8 Å². The average Bonchev–Trinajstić information content (AvgIpc) is 2.75. The molecule has 2 aromatic heterocycles. The number of nitrogens with zero attached hydrogens (tertiary/aromatic N) is 3. The maximum absolute atomic E-state index is 11.7. The Morgan fingerprint density at radius 2 is 2.28 bits per heavy atom. The summed E-state index contributed by atoms with van der Waals surface area (Å²) < 4.78 is 6.42. The van der Waals surface area contributed by atoms with E-state index in [9.17, 15) is 4.79 Å². The highest BCUT2D eigenvalue weighted by atomic mass is 16.5. The molecular weight excluding hydrogens is 234 g/mol. The number of hydrogen-bond donors (Lipinski definition) is 2. The van der Waals surface area contributed by atoms with E-state index in [0.717, 1.165) is 17.7 Å². The van der Waals surface area contributed by atoms with Crippen molar-refractivity contribution in [2.45, 2.75) is 20.3 Å². The van der Waals surface area contributed by atoms with Crippen LogP contribution in [-0.4, -0.2) is 39.8 Å². The molecule has 0 radical (unpaired) electrons. The Hall–Kier alpha value is -1.89. The highest BCUT2D eigenvalue weighted by Crippen LogP contribution is 2.14. The number of aromatic nitrogens is 4. The summed E-state index contributed by atoms with van der Waals surface area (Å²) >= 11 is 0. The van der Waals surface area contributed by atoms with Crippen molar-refractivity contribution in [3.8, 4) is 0 Å². The van der Waals surface area contributed by atoms with Gasteiger partial charge >= 0.3 is 5.69 Å². The lowest BCUT2D eigenvalue weighted by atomic mass is 10.2. The Morgan fingerprint density at radius 3 is 2.94 bits per heavy atom. The summed E-state index contributed by atoms with van der Waals surface area (Å²) in [7, 11) is 1.63.